The van der Waals surface area contributed by atoms with Gasteiger partial charge in [-0.1, -0.05) is 0 Å². The second-order valence-corrected chi connectivity index (χ2v) is 4.78. The van der Waals surface area contributed by atoms with Crippen molar-refractivity contribution in [3.63, 3.8) is 0 Å². The predicted molar refractivity (Wildman–Crippen MR) is 70.4 cm³/mol. The SMILES string of the molecule is Cc1ccc(CNc2ccnc3ccsc23)o1. The number of thiophene rings is 1. The molecule has 0 atom stereocenters. The monoisotopic (exact) mass is 244 g/mol. The maximum Gasteiger partial charge on any atom is 0.123 e. The molecule has 0 saturated heterocycles. The Morgan fingerprint density at radius 2 is 2.24 bits per heavy atom. The molecule has 3 rings (SSSR count). The average Bonchev–Trinajstić information content (AvgIpc) is 2.94. The van der Waals surface area contributed by atoms with E-state index in [-0.39, 0.29) is 0 Å². The van der Waals surface area contributed by atoms with Crippen molar-refractivity contribution < 1.29 is 4.42 Å². The van der Waals surface area contributed by atoms with E-state index in [2.05, 4.69) is 15.7 Å². The van der Waals surface area contributed by atoms with Gasteiger partial charge in [-0.05, 0) is 36.6 Å². The summed E-state index contributed by atoms with van der Waals surface area (Å²) < 4.78 is 6.71. The van der Waals surface area contributed by atoms with Crippen molar-refractivity contribution in [2.75, 3.05) is 5.32 Å². The van der Waals surface area contributed by atoms with Gasteiger partial charge in [0.1, 0.15) is 11.5 Å². The number of pyridine rings is 1. The minimum Gasteiger partial charge on any atom is -0.465 e. The van der Waals surface area contributed by atoms with Gasteiger partial charge in [0.05, 0.1) is 22.4 Å². The van der Waals surface area contributed by atoms with Gasteiger partial charge in [-0.3, -0.25) is 4.98 Å². The normalized spacial score (nSPS) is 10.9. The van der Waals surface area contributed by atoms with Gasteiger partial charge in [-0.2, -0.15) is 0 Å². The third-order valence-electron chi connectivity index (χ3n) is 2.59. The molecule has 4 heteroatoms. The molecule has 86 valence electrons. The molecule has 0 fully saturated rings. The van der Waals surface area contributed by atoms with E-state index >= 15 is 0 Å². The van der Waals surface area contributed by atoms with Crippen LogP contribution in [0.1, 0.15) is 11.5 Å². The van der Waals surface area contributed by atoms with Crippen molar-refractivity contribution in [1.29, 1.82) is 0 Å². The summed E-state index contributed by atoms with van der Waals surface area (Å²) in [7, 11) is 0. The molecule has 0 aliphatic carbocycles. The Labute approximate surface area is 103 Å². The molecule has 0 aromatic carbocycles. The van der Waals surface area contributed by atoms with E-state index in [0.717, 1.165) is 22.7 Å². The van der Waals surface area contributed by atoms with Gasteiger partial charge in [0.25, 0.3) is 0 Å². The number of fused-ring (bicyclic) bond motifs is 1. The third kappa shape index (κ3) is 2.03. The summed E-state index contributed by atoms with van der Waals surface area (Å²) in [6.07, 6.45) is 1.82. The Balaban J connectivity index is 1.83. The first kappa shape index (κ1) is 10.4. The molecule has 3 nitrogen and oxygen atoms in total. The average molecular weight is 244 g/mol. The summed E-state index contributed by atoms with van der Waals surface area (Å²) in [5.41, 5.74) is 2.15. The summed E-state index contributed by atoms with van der Waals surface area (Å²) in [5, 5.41) is 5.44. The lowest BCUT2D eigenvalue weighted by Gasteiger charge is -2.05. The van der Waals surface area contributed by atoms with Crippen molar-refractivity contribution in [2.45, 2.75) is 13.5 Å². The topological polar surface area (TPSA) is 38.1 Å². The third-order valence-corrected chi connectivity index (χ3v) is 3.53. The fourth-order valence-corrected chi connectivity index (χ4v) is 2.62. The first-order chi connectivity index (χ1) is 8.33. The van der Waals surface area contributed by atoms with Gasteiger partial charge in [0.15, 0.2) is 0 Å². The Morgan fingerprint density at radius 1 is 1.29 bits per heavy atom. The summed E-state index contributed by atoms with van der Waals surface area (Å²) in [6, 6.07) is 8.00. The lowest BCUT2D eigenvalue weighted by Crippen LogP contribution is -1.98. The van der Waals surface area contributed by atoms with Gasteiger partial charge in [0, 0.05) is 6.20 Å². The van der Waals surface area contributed by atoms with E-state index in [1.807, 2.05) is 37.4 Å². The maximum absolute atomic E-state index is 5.52. The molecule has 0 spiro atoms. The van der Waals surface area contributed by atoms with E-state index < -0.39 is 0 Å². The highest BCUT2D eigenvalue weighted by Gasteiger charge is 2.04. The van der Waals surface area contributed by atoms with Crippen molar-refractivity contribution in [3.05, 3.63) is 47.4 Å². The van der Waals surface area contributed by atoms with Crippen LogP contribution in [0.2, 0.25) is 0 Å². The van der Waals surface area contributed by atoms with E-state index in [4.69, 9.17) is 4.42 Å². The van der Waals surface area contributed by atoms with Crippen LogP contribution < -0.4 is 5.32 Å². The Hall–Kier alpha value is -1.81. The Kier molecular flexibility index (Phi) is 2.57. The number of hydrogen-bond acceptors (Lipinski definition) is 4. The van der Waals surface area contributed by atoms with Crippen molar-refractivity contribution >= 4 is 27.2 Å². The van der Waals surface area contributed by atoms with E-state index in [0.29, 0.717) is 6.54 Å². The van der Waals surface area contributed by atoms with Crippen molar-refractivity contribution in [1.82, 2.24) is 4.98 Å². The number of rotatable bonds is 3. The molecular formula is C13H12N2OS. The summed E-state index contributed by atoms with van der Waals surface area (Å²) >= 11 is 1.70. The molecule has 3 aromatic rings. The molecule has 0 unspecified atom stereocenters. The van der Waals surface area contributed by atoms with Gasteiger partial charge in [0.2, 0.25) is 0 Å². The molecule has 0 amide bonds. The number of aromatic nitrogens is 1. The molecule has 0 radical (unpaired) electrons. The standard InChI is InChI=1S/C13H12N2OS/c1-9-2-3-10(16-9)8-15-11-4-6-14-12-5-7-17-13(11)12/h2-7H,8H2,1H3,(H,14,15). The first-order valence-corrected chi connectivity index (χ1v) is 6.32. The molecule has 1 N–H and O–H groups in total. The van der Waals surface area contributed by atoms with Gasteiger partial charge in [-0.15, -0.1) is 11.3 Å². The molecule has 17 heavy (non-hydrogen) atoms. The fraction of sp³-hybridized carbons (Fsp3) is 0.154. The van der Waals surface area contributed by atoms with Crippen LogP contribution in [0.4, 0.5) is 5.69 Å². The molecule has 3 heterocycles. The molecule has 0 saturated carbocycles. The second-order valence-electron chi connectivity index (χ2n) is 3.86. The van der Waals surface area contributed by atoms with Crippen LogP contribution in [0.15, 0.2) is 40.3 Å². The van der Waals surface area contributed by atoms with E-state index in [1.165, 1.54) is 4.70 Å². The maximum atomic E-state index is 5.52. The zero-order valence-corrected chi connectivity index (χ0v) is 10.3. The highest BCUT2D eigenvalue weighted by atomic mass is 32.1. The van der Waals surface area contributed by atoms with Crippen LogP contribution in [-0.2, 0) is 6.54 Å². The molecule has 0 aliphatic rings. The van der Waals surface area contributed by atoms with Crippen LogP contribution in [0.5, 0.6) is 0 Å². The highest BCUT2D eigenvalue weighted by molar-refractivity contribution is 7.17. The molecule has 0 bridgehead atoms. The number of aryl methyl sites for hydroxylation is 1. The predicted octanol–water partition coefficient (Wildman–Crippen LogP) is 3.81. The molecular weight excluding hydrogens is 232 g/mol. The van der Waals surface area contributed by atoms with Crippen LogP contribution >= 0.6 is 11.3 Å². The number of anilines is 1. The minimum absolute atomic E-state index is 0.699. The van der Waals surface area contributed by atoms with Gasteiger partial charge < -0.3 is 9.73 Å². The molecule has 3 aromatic heterocycles. The largest absolute Gasteiger partial charge is 0.465 e. The number of furan rings is 1. The number of nitrogens with one attached hydrogen (secondary N) is 1. The van der Waals surface area contributed by atoms with Crippen molar-refractivity contribution in [2.24, 2.45) is 0 Å². The van der Waals surface area contributed by atoms with Crippen molar-refractivity contribution in [3.8, 4) is 0 Å². The minimum atomic E-state index is 0.699. The van der Waals surface area contributed by atoms with Crippen LogP contribution in [0.3, 0.4) is 0 Å². The number of nitrogens with zero attached hydrogens (tertiary/aromatic N) is 1. The zero-order valence-electron chi connectivity index (χ0n) is 9.43. The molecule has 0 aliphatic heterocycles. The smallest absolute Gasteiger partial charge is 0.123 e. The lowest BCUT2D eigenvalue weighted by molar-refractivity contribution is 0.490. The highest BCUT2D eigenvalue weighted by Crippen LogP contribution is 2.27. The Bertz CT molecular complexity index is 641. The van der Waals surface area contributed by atoms with E-state index in [1.54, 1.807) is 11.3 Å². The first-order valence-electron chi connectivity index (χ1n) is 5.44. The van der Waals surface area contributed by atoms with Crippen LogP contribution in [0.25, 0.3) is 10.2 Å². The summed E-state index contributed by atoms with van der Waals surface area (Å²) in [4.78, 5) is 4.31. The van der Waals surface area contributed by atoms with Gasteiger partial charge >= 0.3 is 0 Å². The van der Waals surface area contributed by atoms with Gasteiger partial charge in [-0.25, -0.2) is 0 Å². The Morgan fingerprint density at radius 3 is 3.06 bits per heavy atom. The summed E-state index contributed by atoms with van der Waals surface area (Å²) in [5.74, 6) is 1.89. The lowest BCUT2D eigenvalue weighted by atomic mass is 10.3. The van der Waals surface area contributed by atoms with Crippen LogP contribution in [0, 0.1) is 6.92 Å². The summed E-state index contributed by atoms with van der Waals surface area (Å²) in [6.45, 7) is 2.65. The van der Waals surface area contributed by atoms with E-state index in [9.17, 15) is 0 Å². The van der Waals surface area contributed by atoms with Crippen LogP contribution in [-0.4, -0.2) is 4.98 Å². The number of hydrogen-bond donors (Lipinski definition) is 1. The second kappa shape index (κ2) is 4.22. The quantitative estimate of drug-likeness (QED) is 0.761. The fourth-order valence-electron chi connectivity index (χ4n) is 1.78. The zero-order chi connectivity index (χ0) is 11.7.